The fourth-order valence-corrected chi connectivity index (χ4v) is 2.18. The lowest BCUT2D eigenvalue weighted by atomic mass is 9.84. The second-order valence-corrected chi connectivity index (χ2v) is 4.37. The molecule has 1 aliphatic rings. The molecule has 0 N–H and O–H groups in total. The maximum atomic E-state index is 11.8. The molecule has 0 saturated heterocycles. The minimum Gasteiger partial charge on any atom is -0.271 e. The van der Waals surface area contributed by atoms with Gasteiger partial charge in [0.1, 0.15) is 4.87 Å². The lowest BCUT2D eigenvalue weighted by Crippen LogP contribution is -2.33. The van der Waals surface area contributed by atoms with E-state index in [-0.39, 0.29) is 0 Å². The molecule has 18 heavy (non-hydrogen) atoms. The van der Waals surface area contributed by atoms with Crippen molar-refractivity contribution in [1.82, 2.24) is 4.98 Å². The summed E-state index contributed by atoms with van der Waals surface area (Å²) in [6, 6.07) is 5.26. The summed E-state index contributed by atoms with van der Waals surface area (Å²) in [7, 11) is 0. The molecule has 4 nitrogen and oxygen atoms in total. The highest BCUT2D eigenvalue weighted by Crippen LogP contribution is 2.40. The molecule has 2 unspecified atom stereocenters. The van der Waals surface area contributed by atoms with Gasteiger partial charge in [0.25, 0.3) is 5.91 Å². The van der Waals surface area contributed by atoms with Gasteiger partial charge in [0, 0.05) is 6.20 Å². The van der Waals surface area contributed by atoms with Gasteiger partial charge in [0.15, 0.2) is 0 Å². The SMILES string of the molecule is O=C=NC(=O)C1C=CC=CC1(Cl)c1ccccn1. The Morgan fingerprint density at radius 3 is 2.94 bits per heavy atom. The van der Waals surface area contributed by atoms with Gasteiger partial charge in [-0.05, 0) is 12.1 Å². The summed E-state index contributed by atoms with van der Waals surface area (Å²) < 4.78 is 0. The van der Waals surface area contributed by atoms with E-state index in [4.69, 9.17) is 11.6 Å². The fraction of sp³-hybridized carbons (Fsp3) is 0.154. The first-order valence-electron chi connectivity index (χ1n) is 5.26. The smallest absolute Gasteiger partial charge is 0.265 e. The van der Waals surface area contributed by atoms with Crippen molar-refractivity contribution < 1.29 is 9.59 Å². The standard InChI is InChI=1S/C13H9ClN2O2/c14-13(11-6-2-4-8-15-11)7-3-1-5-10(13)12(18)16-9-17/h1-8,10H. The Hall–Kier alpha value is -2.03. The molecule has 0 bridgehead atoms. The number of halogens is 1. The van der Waals surface area contributed by atoms with E-state index < -0.39 is 16.7 Å². The summed E-state index contributed by atoms with van der Waals surface area (Å²) in [5, 5.41) is 0. The Kier molecular flexibility index (Phi) is 3.51. The maximum absolute atomic E-state index is 11.8. The number of allylic oxidation sites excluding steroid dienone is 3. The molecule has 1 aromatic heterocycles. The normalized spacial score (nSPS) is 25.5. The fourth-order valence-electron chi connectivity index (χ4n) is 1.83. The van der Waals surface area contributed by atoms with E-state index in [0.717, 1.165) is 0 Å². The number of carbonyl (C=O) groups excluding carboxylic acids is 2. The molecule has 5 heteroatoms. The van der Waals surface area contributed by atoms with Gasteiger partial charge in [-0.15, -0.1) is 16.6 Å². The minimum atomic E-state index is -1.12. The third-order valence-electron chi connectivity index (χ3n) is 2.69. The summed E-state index contributed by atoms with van der Waals surface area (Å²) in [5.74, 6) is -1.40. The number of nitrogens with zero attached hydrogens (tertiary/aromatic N) is 2. The number of isocyanates is 1. The van der Waals surface area contributed by atoms with Crippen LogP contribution in [0.15, 0.2) is 53.7 Å². The van der Waals surface area contributed by atoms with E-state index in [2.05, 4.69) is 9.98 Å². The first-order chi connectivity index (χ1) is 8.68. The van der Waals surface area contributed by atoms with Crippen LogP contribution in [0, 0.1) is 5.92 Å². The predicted octanol–water partition coefficient (Wildman–Crippen LogP) is 2.12. The summed E-state index contributed by atoms with van der Waals surface area (Å²) in [5.41, 5.74) is 0.534. The van der Waals surface area contributed by atoms with E-state index in [0.29, 0.717) is 5.69 Å². The molecule has 0 aromatic carbocycles. The van der Waals surface area contributed by atoms with Gasteiger partial charge in [-0.25, -0.2) is 4.79 Å². The first-order valence-corrected chi connectivity index (χ1v) is 5.64. The highest BCUT2D eigenvalue weighted by atomic mass is 35.5. The van der Waals surface area contributed by atoms with Crippen LogP contribution in [0.25, 0.3) is 0 Å². The van der Waals surface area contributed by atoms with Crippen LogP contribution in [0.2, 0.25) is 0 Å². The van der Waals surface area contributed by atoms with Gasteiger partial charge in [0.05, 0.1) is 11.6 Å². The van der Waals surface area contributed by atoms with E-state index >= 15 is 0 Å². The molecule has 0 radical (unpaired) electrons. The Balaban J connectivity index is 2.46. The summed E-state index contributed by atoms with van der Waals surface area (Å²) in [6.45, 7) is 0. The third kappa shape index (κ3) is 2.16. The van der Waals surface area contributed by atoms with E-state index in [1.54, 1.807) is 48.7 Å². The van der Waals surface area contributed by atoms with Gasteiger partial charge in [0.2, 0.25) is 6.08 Å². The van der Waals surface area contributed by atoms with Crippen LogP contribution in [0.1, 0.15) is 5.69 Å². The molecule has 0 fully saturated rings. The van der Waals surface area contributed by atoms with Gasteiger partial charge < -0.3 is 0 Å². The van der Waals surface area contributed by atoms with Crippen molar-refractivity contribution in [1.29, 1.82) is 0 Å². The summed E-state index contributed by atoms with van der Waals surface area (Å²) in [6.07, 6.45) is 9.52. The minimum absolute atomic E-state index is 0.534. The Bertz CT molecular complexity index is 562. The molecule has 1 amide bonds. The maximum Gasteiger partial charge on any atom is 0.265 e. The highest BCUT2D eigenvalue weighted by Gasteiger charge is 2.41. The molecule has 2 rings (SSSR count). The Morgan fingerprint density at radius 2 is 2.28 bits per heavy atom. The largest absolute Gasteiger partial charge is 0.271 e. The van der Waals surface area contributed by atoms with Crippen LogP contribution in [0.3, 0.4) is 0 Å². The monoisotopic (exact) mass is 260 g/mol. The van der Waals surface area contributed by atoms with Gasteiger partial charge in [-0.1, -0.05) is 30.4 Å². The number of hydrogen-bond donors (Lipinski definition) is 0. The molecule has 1 heterocycles. The van der Waals surface area contributed by atoms with Gasteiger partial charge >= 0.3 is 0 Å². The van der Waals surface area contributed by atoms with Gasteiger partial charge in [-0.2, -0.15) is 0 Å². The topological polar surface area (TPSA) is 59.4 Å². The van der Waals surface area contributed by atoms with Crippen molar-refractivity contribution in [2.45, 2.75) is 4.87 Å². The molecule has 0 aliphatic heterocycles. The molecule has 1 aliphatic carbocycles. The second kappa shape index (κ2) is 5.08. The van der Waals surface area contributed by atoms with Crippen LogP contribution >= 0.6 is 11.6 Å². The quantitative estimate of drug-likeness (QED) is 0.465. The zero-order chi connectivity index (χ0) is 13.0. The molecular weight excluding hydrogens is 252 g/mol. The number of rotatable bonds is 2. The Morgan fingerprint density at radius 1 is 1.44 bits per heavy atom. The molecule has 0 saturated carbocycles. The van der Waals surface area contributed by atoms with Crippen LogP contribution < -0.4 is 0 Å². The zero-order valence-corrected chi connectivity index (χ0v) is 10.0. The van der Waals surface area contributed by atoms with E-state index in [1.807, 2.05) is 0 Å². The highest BCUT2D eigenvalue weighted by molar-refractivity contribution is 6.27. The molecule has 90 valence electrons. The zero-order valence-electron chi connectivity index (χ0n) is 9.29. The number of alkyl halides is 1. The second-order valence-electron chi connectivity index (χ2n) is 3.75. The first kappa shape index (κ1) is 12.4. The Labute approximate surface area is 109 Å². The summed E-state index contributed by atoms with van der Waals surface area (Å²) >= 11 is 6.49. The van der Waals surface area contributed by atoms with Gasteiger partial charge in [-0.3, -0.25) is 9.78 Å². The average molecular weight is 261 g/mol. The number of amides is 1. The molecule has 0 spiro atoms. The number of hydrogen-bond acceptors (Lipinski definition) is 3. The van der Waals surface area contributed by atoms with E-state index in [9.17, 15) is 9.59 Å². The molecule has 1 aromatic rings. The van der Waals surface area contributed by atoms with Crippen molar-refractivity contribution in [3.8, 4) is 0 Å². The molecule has 2 atom stereocenters. The lowest BCUT2D eigenvalue weighted by molar-refractivity contribution is -0.120. The predicted molar refractivity (Wildman–Crippen MR) is 66.7 cm³/mol. The van der Waals surface area contributed by atoms with Crippen LogP contribution in [-0.4, -0.2) is 17.0 Å². The third-order valence-corrected chi connectivity index (χ3v) is 3.24. The average Bonchev–Trinajstić information content (AvgIpc) is 2.40. The number of aromatic nitrogens is 1. The number of aliphatic imine (C=N–C) groups is 1. The number of pyridine rings is 1. The van der Waals surface area contributed by atoms with Crippen molar-refractivity contribution in [2.24, 2.45) is 10.9 Å². The van der Waals surface area contributed by atoms with E-state index in [1.165, 1.54) is 6.08 Å². The van der Waals surface area contributed by atoms with Crippen molar-refractivity contribution in [2.75, 3.05) is 0 Å². The number of carbonyl (C=O) groups is 1. The lowest BCUT2D eigenvalue weighted by Gasteiger charge is -2.29. The summed E-state index contributed by atoms with van der Waals surface area (Å²) in [4.78, 5) is 28.1. The van der Waals surface area contributed by atoms with Crippen molar-refractivity contribution >= 4 is 23.6 Å². The van der Waals surface area contributed by atoms with Crippen LogP contribution in [0.4, 0.5) is 0 Å². The van der Waals surface area contributed by atoms with Crippen LogP contribution in [0.5, 0.6) is 0 Å². The van der Waals surface area contributed by atoms with Crippen molar-refractivity contribution in [3.63, 3.8) is 0 Å². The molecular formula is C13H9ClN2O2. The van der Waals surface area contributed by atoms with Crippen molar-refractivity contribution in [3.05, 3.63) is 54.4 Å². The van der Waals surface area contributed by atoms with Crippen LogP contribution in [-0.2, 0) is 14.5 Å².